The third-order valence-electron chi connectivity index (χ3n) is 3.65. The molecular weight excluding hydrogens is 316 g/mol. The second-order valence-corrected chi connectivity index (χ2v) is 5.99. The summed E-state index contributed by atoms with van der Waals surface area (Å²) in [7, 11) is 1.63. The number of aromatic nitrogens is 4. The van der Waals surface area contributed by atoms with Crippen LogP contribution in [0.2, 0.25) is 0 Å². The fraction of sp³-hybridized carbons (Fsp3) is 0.500. The number of nitrogens with zero attached hydrogens (tertiary/aromatic N) is 5. The van der Waals surface area contributed by atoms with Crippen molar-refractivity contribution < 1.29 is 9.53 Å². The molecule has 2 aromatic rings. The van der Waals surface area contributed by atoms with Crippen molar-refractivity contribution in [2.24, 2.45) is 0 Å². The Balaban J connectivity index is 1.51. The second-order valence-electron chi connectivity index (χ2n) is 5.26. The molecule has 0 spiro atoms. The smallest absolute Gasteiger partial charge is 0.270 e. The van der Waals surface area contributed by atoms with Crippen LogP contribution in [0.1, 0.15) is 29.2 Å². The summed E-state index contributed by atoms with van der Waals surface area (Å²) < 4.78 is 9.30. The second kappa shape index (κ2) is 7.42. The molecule has 0 aromatic carbocycles. The first-order chi connectivity index (χ1) is 11.3. The molecule has 9 heteroatoms. The van der Waals surface area contributed by atoms with Crippen LogP contribution in [0, 0.1) is 0 Å². The molecule has 0 bridgehead atoms. The molecule has 3 rings (SSSR count). The number of carbonyl (C=O) groups is 1. The number of hydrogen-bond acceptors (Lipinski definition) is 8. The van der Waals surface area contributed by atoms with Gasteiger partial charge < -0.3 is 15.0 Å². The van der Waals surface area contributed by atoms with E-state index in [1.165, 1.54) is 17.9 Å². The molecule has 0 unspecified atom stereocenters. The van der Waals surface area contributed by atoms with Crippen LogP contribution in [-0.2, 0) is 11.3 Å². The number of nitrogens with one attached hydrogen (secondary N) is 1. The maximum Gasteiger partial charge on any atom is 0.270 e. The van der Waals surface area contributed by atoms with Crippen molar-refractivity contribution in [1.82, 2.24) is 24.6 Å². The Morgan fingerprint density at radius 1 is 1.48 bits per heavy atom. The van der Waals surface area contributed by atoms with Crippen LogP contribution in [0.5, 0.6) is 0 Å². The zero-order valence-corrected chi connectivity index (χ0v) is 13.6. The van der Waals surface area contributed by atoms with Gasteiger partial charge in [0.25, 0.3) is 5.91 Å². The highest BCUT2D eigenvalue weighted by Crippen LogP contribution is 2.22. The van der Waals surface area contributed by atoms with E-state index in [9.17, 15) is 4.79 Å². The first-order valence-electron chi connectivity index (χ1n) is 7.39. The lowest BCUT2D eigenvalue weighted by Gasteiger charge is -2.31. The first-order valence-corrected chi connectivity index (χ1v) is 8.17. The Labute approximate surface area is 138 Å². The van der Waals surface area contributed by atoms with Crippen molar-refractivity contribution in [2.75, 3.05) is 25.1 Å². The molecular formula is C14H18N6O2S. The van der Waals surface area contributed by atoms with Crippen molar-refractivity contribution in [3.8, 4) is 0 Å². The highest BCUT2D eigenvalue weighted by atomic mass is 32.1. The van der Waals surface area contributed by atoms with E-state index in [1.807, 2.05) is 0 Å². The molecule has 1 fully saturated rings. The highest BCUT2D eigenvalue weighted by Gasteiger charge is 2.23. The molecule has 0 aliphatic carbocycles. The molecule has 1 N–H and O–H groups in total. The third-order valence-corrected chi connectivity index (χ3v) is 4.46. The van der Waals surface area contributed by atoms with Crippen molar-refractivity contribution in [3.05, 3.63) is 30.1 Å². The Morgan fingerprint density at radius 3 is 3.00 bits per heavy atom. The lowest BCUT2D eigenvalue weighted by molar-refractivity contribution is 0.0926. The van der Waals surface area contributed by atoms with Gasteiger partial charge in [-0.15, -0.1) is 0 Å². The van der Waals surface area contributed by atoms with Crippen LogP contribution in [0.4, 0.5) is 5.13 Å². The highest BCUT2D eigenvalue weighted by molar-refractivity contribution is 7.09. The maximum atomic E-state index is 12.1. The molecule has 122 valence electrons. The van der Waals surface area contributed by atoms with Gasteiger partial charge in [0.05, 0.1) is 0 Å². The van der Waals surface area contributed by atoms with Gasteiger partial charge in [0.15, 0.2) is 5.82 Å². The number of rotatable bonds is 5. The van der Waals surface area contributed by atoms with Gasteiger partial charge in [-0.1, -0.05) is 0 Å². The van der Waals surface area contributed by atoms with E-state index in [0.717, 1.165) is 31.1 Å². The average molecular weight is 334 g/mol. The molecule has 3 heterocycles. The molecule has 0 atom stereocenters. The lowest BCUT2D eigenvalue weighted by atomic mass is 10.1. The fourth-order valence-electron chi connectivity index (χ4n) is 2.46. The van der Waals surface area contributed by atoms with Crippen LogP contribution in [-0.4, -0.2) is 51.5 Å². The quantitative estimate of drug-likeness (QED) is 0.867. The number of ether oxygens (including phenoxy) is 1. The molecule has 2 aromatic heterocycles. The summed E-state index contributed by atoms with van der Waals surface area (Å²) in [5.74, 6) is 0.566. The average Bonchev–Trinajstić information content (AvgIpc) is 3.05. The Kier molecular flexibility index (Phi) is 5.09. The van der Waals surface area contributed by atoms with E-state index in [2.05, 4.69) is 29.5 Å². The van der Waals surface area contributed by atoms with E-state index in [0.29, 0.717) is 18.1 Å². The Bertz CT molecular complexity index is 642. The minimum Gasteiger partial charge on any atom is -0.377 e. The minimum absolute atomic E-state index is 0.149. The number of carbonyl (C=O) groups excluding carboxylic acids is 1. The molecule has 0 saturated carbocycles. The van der Waals surface area contributed by atoms with Crippen LogP contribution in [0.25, 0.3) is 0 Å². The standard InChI is InChI=1S/C14H18N6O2S/c1-22-8-12-18-14(23-19-12)20-6-3-10(4-7-20)17-13(21)11-2-5-15-9-16-11/h2,5,9-10H,3-4,6-8H2,1H3,(H,17,21). The van der Waals surface area contributed by atoms with Gasteiger partial charge in [-0.05, 0) is 18.9 Å². The largest absolute Gasteiger partial charge is 0.377 e. The van der Waals surface area contributed by atoms with Gasteiger partial charge in [-0.2, -0.15) is 4.37 Å². The van der Waals surface area contributed by atoms with Gasteiger partial charge in [0.2, 0.25) is 5.13 Å². The van der Waals surface area contributed by atoms with E-state index in [1.54, 1.807) is 19.4 Å². The van der Waals surface area contributed by atoms with Crippen LogP contribution < -0.4 is 10.2 Å². The fourth-order valence-corrected chi connectivity index (χ4v) is 3.19. The number of amides is 1. The molecule has 1 saturated heterocycles. The maximum absolute atomic E-state index is 12.1. The van der Waals surface area contributed by atoms with Gasteiger partial charge in [-0.3, -0.25) is 4.79 Å². The number of hydrogen-bond donors (Lipinski definition) is 1. The van der Waals surface area contributed by atoms with Crippen molar-refractivity contribution in [1.29, 1.82) is 0 Å². The van der Waals surface area contributed by atoms with Crippen LogP contribution in [0.15, 0.2) is 18.6 Å². The predicted octanol–water partition coefficient (Wildman–Crippen LogP) is 0.873. The molecule has 1 aliphatic rings. The Hall–Kier alpha value is -2.13. The van der Waals surface area contributed by atoms with Crippen LogP contribution in [0.3, 0.4) is 0 Å². The molecule has 1 aliphatic heterocycles. The van der Waals surface area contributed by atoms with Crippen LogP contribution >= 0.6 is 11.5 Å². The summed E-state index contributed by atoms with van der Waals surface area (Å²) in [6.45, 7) is 2.12. The first kappa shape index (κ1) is 15.8. The number of anilines is 1. The van der Waals surface area contributed by atoms with E-state index in [-0.39, 0.29) is 11.9 Å². The number of piperidine rings is 1. The minimum atomic E-state index is -0.149. The molecule has 0 radical (unpaired) electrons. The van der Waals surface area contributed by atoms with E-state index >= 15 is 0 Å². The summed E-state index contributed by atoms with van der Waals surface area (Å²) in [4.78, 5) is 26.5. The summed E-state index contributed by atoms with van der Waals surface area (Å²) in [5.41, 5.74) is 0.399. The van der Waals surface area contributed by atoms with E-state index < -0.39 is 0 Å². The number of methoxy groups -OCH3 is 1. The SMILES string of the molecule is COCc1nsc(N2CCC(NC(=O)c3ccncn3)CC2)n1. The predicted molar refractivity (Wildman–Crippen MR) is 85.4 cm³/mol. The Morgan fingerprint density at radius 2 is 2.30 bits per heavy atom. The molecule has 1 amide bonds. The van der Waals surface area contributed by atoms with Crippen molar-refractivity contribution in [3.63, 3.8) is 0 Å². The van der Waals surface area contributed by atoms with Crippen molar-refractivity contribution in [2.45, 2.75) is 25.5 Å². The van der Waals surface area contributed by atoms with Gasteiger partial charge >= 0.3 is 0 Å². The zero-order valence-electron chi connectivity index (χ0n) is 12.8. The summed E-state index contributed by atoms with van der Waals surface area (Å²) in [5, 5.41) is 3.94. The van der Waals surface area contributed by atoms with E-state index in [4.69, 9.17) is 4.74 Å². The zero-order chi connectivity index (χ0) is 16.1. The van der Waals surface area contributed by atoms with Gasteiger partial charge in [0, 0.05) is 44.0 Å². The van der Waals surface area contributed by atoms with Crippen molar-refractivity contribution >= 4 is 22.6 Å². The lowest BCUT2D eigenvalue weighted by Crippen LogP contribution is -2.44. The monoisotopic (exact) mass is 334 g/mol. The van der Waals surface area contributed by atoms with Gasteiger partial charge in [0.1, 0.15) is 18.6 Å². The topological polar surface area (TPSA) is 93.1 Å². The summed E-state index contributed by atoms with van der Waals surface area (Å²) in [6.07, 6.45) is 4.69. The van der Waals surface area contributed by atoms with Gasteiger partial charge in [-0.25, -0.2) is 15.0 Å². The normalized spacial score (nSPS) is 15.6. The summed E-state index contributed by atoms with van der Waals surface area (Å²) >= 11 is 1.39. The molecule has 23 heavy (non-hydrogen) atoms. The third kappa shape index (κ3) is 3.99. The summed E-state index contributed by atoms with van der Waals surface area (Å²) in [6, 6.07) is 1.77. The molecule has 8 nitrogen and oxygen atoms in total.